The summed E-state index contributed by atoms with van der Waals surface area (Å²) >= 11 is 0. The minimum atomic E-state index is -0.327. The van der Waals surface area contributed by atoms with Crippen LogP contribution in [0.2, 0.25) is 0 Å². The van der Waals surface area contributed by atoms with Crippen molar-refractivity contribution in [2.45, 2.75) is 20.3 Å². The molecular formula is C20H27N3O4. The highest BCUT2D eigenvalue weighted by molar-refractivity contribution is 6.00. The topological polar surface area (TPSA) is 70.2 Å². The van der Waals surface area contributed by atoms with Gasteiger partial charge in [-0.2, -0.15) is 0 Å². The molecular weight excluding hydrogens is 346 g/mol. The molecule has 0 N–H and O–H groups in total. The van der Waals surface area contributed by atoms with Crippen LogP contribution in [0.5, 0.6) is 5.75 Å². The third-order valence-corrected chi connectivity index (χ3v) is 5.26. The van der Waals surface area contributed by atoms with Crippen molar-refractivity contribution >= 4 is 23.4 Å². The van der Waals surface area contributed by atoms with Crippen molar-refractivity contribution in [3.63, 3.8) is 0 Å². The number of nitrogens with zero attached hydrogens (tertiary/aromatic N) is 3. The van der Waals surface area contributed by atoms with Gasteiger partial charge in [0.2, 0.25) is 17.7 Å². The first kappa shape index (κ1) is 19.2. The van der Waals surface area contributed by atoms with Crippen molar-refractivity contribution in [1.82, 2.24) is 9.80 Å². The molecule has 1 aromatic carbocycles. The Hall–Kier alpha value is -2.57. The zero-order chi connectivity index (χ0) is 19.6. The number of benzene rings is 1. The summed E-state index contributed by atoms with van der Waals surface area (Å²) in [5, 5.41) is 0. The van der Waals surface area contributed by atoms with Crippen LogP contribution >= 0.6 is 0 Å². The SMILES string of the molecule is COc1ccc(N2CC(C(=O)N3CCN(C(=O)C(C)C)CC3)CC2=O)cc1. The molecule has 0 saturated carbocycles. The molecule has 0 bridgehead atoms. The molecule has 1 unspecified atom stereocenters. The third kappa shape index (κ3) is 4.07. The standard InChI is InChI=1S/C20H27N3O4/c1-14(2)19(25)21-8-10-22(11-9-21)20(26)15-12-18(24)23(13-15)16-4-6-17(27-3)7-5-16/h4-7,14-15H,8-13H2,1-3H3. The van der Waals surface area contributed by atoms with E-state index in [1.54, 1.807) is 16.9 Å². The van der Waals surface area contributed by atoms with Crippen molar-refractivity contribution in [3.8, 4) is 5.75 Å². The van der Waals surface area contributed by atoms with Gasteiger partial charge in [0, 0.05) is 50.7 Å². The molecule has 0 spiro atoms. The maximum Gasteiger partial charge on any atom is 0.228 e. The van der Waals surface area contributed by atoms with Gasteiger partial charge in [-0.3, -0.25) is 14.4 Å². The summed E-state index contributed by atoms with van der Waals surface area (Å²) in [6.45, 7) is 6.36. The van der Waals surface area contributed by atoms with Gasteiger partial charge in [0.25, 0.3) is 0 Å². The van der Waals surface area contributed by atoms with Gasteiger partial charge in [-0.25, -0.2) is 0 Å². The molecule has 3 rings (SSSR count). The molecule has 7 heteroatoms. The van der Waals surface area contributed by atoms with Gasteiger partial charge in [-0.15, -0.1) is 0 Å². The maximum absolute atomic E-state index is 12.9. The second-order valence-electron chi connectivity index (χ2n) is 7.41. The van der Waals surface area contributed by atoms with E-state index < -0.39 is 0 Å². The number of hydrogen-bond donors (Lipinski definition) is 0. The molecule has 3 amide bonds. The van der Waals surface area contributed by atoms with Gasteiger partial charge in [-0.05, 0) is 24.3 Å². The van der Waals surface area contributed by atoms with E-state index in [0.29, 0.717) is 32.7 Å². The van der Waals surface area contributed by atoms with E-state index in [1.165, 1.54) is 0 Å². The molecule has 0 radical (unpaired) electrons. The average molecular weight is 373 g/mol. The van der Waals surface area contributed by atoms with Crippen LogP contribution in [0.1, 0.15) is 20.3 Å². The molecule has 0 aromatic heterocycles. The van der Waals surface area contributed by atoms with E-state index in [4.69, 9.17) is 4.74 Å². The van der Waals surface area contributed by atoms with Gasteiger partial charge >= 0.3 is 0 Å². The summed E-state index contributed by atoms with van der Waals surface area (Å²) in [4.78, 5) is 42.6. The molecule has 27 heavy (non-hydrogen) atoms. The van der Waals surface area contributed by atoms with Crippen molar-refractivity contribution in [1.29, 1.82) is 0 Å². The first-order valence-electron chi connectivity index (χ1n) is 9.42. The number of piperazine rings is 1. The monoisotopic (exact) mass is 373 g/mol. The third-order valence-electron chi connectivity index (χ3n) is 5.26. The van der Waals surface area contributed by atoms with Crippen molar-refractivity contribution in [2.24, 2.45) is 11.8 Å². The number of ether oxygens (including phenoxy) is 1. The number of amides is 3. The van der Waals surface area contributed by atoms with Gasteiger partial charge < -0.3 is 19.4 Å². The Labute approximate surface area is 159 Å². The second kappa shape index (κ2) is 7.98. The minimum absolute atomic E-state index is 0.0102. The fraction of sp³-hybridized carbons (Fsp3) is 0.550. The van der Waals surface area contributed by atoms with Crippen LogP contribution in [0.25, 0.3) is 0 Å². The first-order valence-corrected chi connectivity index (χ1v) is 9.42. The largest absolute Gasteiger partial charge is 0.497 e. The van der Waals surface area contributed by atoms with Crippen molar-refractivity contribution < 1.29 is 19.1 Å². The predicted octanol–water partition coefficient (Wildman–Crippen LogP) is 1.37. The zero-order valence-electron chi connectivity index (χ0n) is 16.2. The van der Waals surface area contributed by atoms with Gasteiger partial charge in [0.15, 0.2) is 0 Å². The van der Waals surface area contributed by atoms with Crippen LogP contribution in [0.3, 0.4) is 0 Å². The van der Waals surface area contributed by atoms with Crippen LogP contribution in [0.15, 0.2) is 24.3 Å². The van der Waals surface area contributed by atoms with E-state index in [9.17, 15) is 14.4 Å². The fourth-order valence-corrected chi connectivity index (χ4v) is 3.66. The average Bonchev–Trinajstić information content (AvgIpc) is 3.08. The second-order valence-corrected chi connectivity index (χ2v) is 7.41. The lowest BCUT2D eigenvalue weighted by Gasteiger charge is -2.36. The lowest BCUT2D eigenvalue weighted by atomic mass is 10.1. The molecule has 0 aliphatic carbocycles. The van der Waals surface area contributed by atoms with E-state index in [1.807, 2.05) is 43.0 Å². The van der Waals surface area contributed by atoms with Crippen LogP contribution in [-0.2, 0) is 14.4 Å². The Morgan fingerprint density at radius 1 is 1.04 bits per heavy atom. The summed E-state index contributed by atoms with van der Waals surface area (Å²) in [6.07, 6.45) is 0.232. The van der Waals surface area contributed by atoms with Crippen LogP contribution in [-0.4, -0.2) is 67.4 Å². The Bertz CT molecular complexity index is 708. The number of anilines is 1. The normalized spacial score (nSPS) is 20.4. The smallest absolute Gasteiger partial charge is 0.228 e. The highest BCUT2D eigenvalue weighted by atomic mass is 16.5. The Balaban J connectivity index is 1.58. The van der Waals surface area contributed by atoms with Gasteiger partial charge in [0.1, 0.15) is 5.75 Å². The Morgan fingerprint density at radius 2 is 1.63 bits per heavy atom. The van der Waals surface area contributed by atoms with Crippen molar-refractivity contribution in [2.75, 3.05) is 44.7 Å². The highest BCUT2D eigenvalue weighted by Gasteiger charge is 2.38. The van der Waals surface area contributed by atoms with E-state index in [-0.39, 0.29) is 36.0 Å². The first-order chi connectivity index (χ1) is 12.9. The molecule has 2 aliphatic heterocycles. The molecule has 2 saturated heterocycles. The van der Waals surface area contributed by atoms with Crippen molar-refractivity contribution in [3.05, 3.63) is 24.3 Å². The molecule has 2 aliphatic rings. The van der Waals surface area contributed by atoms with E-state index in [0.717, 1.165) is 11.4 Å². The summed E-state index contributed by atoms with van der Waals surface area (Å²) in [7, 11) is 1.60. The predicted molar refractivity (Wildman–Crippen MR) is 101 cm³/mol. The molecule has 7 nitrogen and oxygen atoms in total. The number of carbonyl (C=O) groups excluding carboxylic acids is 3. The lowest BCUT2D eigenvalue weighted by molar-refractivity contribution is -0.143. The number of carbonyl (C=O) groups is 3. The van der Waals surface area contributed by atoms with Crippen LogP contribution in [0, 0.1) is 11.8 Å². The number of hydrogen-bond acceptors (Lipinski definition) is 4. The summed E-state index contributed by atoms with van der Waals surface area (Å²) < 4.78 is 5.15. The molecule has 2 heterocycles. The van der Waals surface area contributed by atoms with E-state index in [2.05, 4.69) is 0 Å². The number of methoxy groups -OCH3 is 1. The summed E-state index contributed by atoms with van der Waals surface area (Å²) in [5.74, 6) is 0.475. The van der Waals surface area contributed by atoms with E-state index >= 15 is 0 Å². The summed E-state index contributed by atoms with van der Waals surface area (Å²) in [5.41, 5.74) is 0.781. The quantitative estimate of drug-likeness (QED) is 0.799. The van der Waals surface area contributed by atoms with Crippen LogP contribution in [0.4, 0.5) is 5.69 Å². The molecule has 1 atom stereocenters. The fourth-order valence-electron chi connectivity index (χ4n) is 3.66. The highest BCUT2D eigenvalue weighted by Crippen LogP contribution is 2.28. The van der Waals surface area contributed by atoms with Crippen LogP contribution < -0.4 is 9.64 Å². The Kier molecular flexibility index (Phi) is 5.68. The van der Waals surface area contributed by atoms with Gasteiger partial charge in [0.05, 0.1) is 13.0 Å². The molecule has 2 fully saturated rings. The minimum Gasteiger partial charge on any atom is -0.497 e. The Morgan fingerprint density at radius 3 is 2.19 bits per heavy atom. The summed E-state index contributed by atoms with van der Waals surface area (Å²) in [6, 6.07) is 7.28. The zero-order valence-corrected chi connectivity index (χ0v) is 16.2. The molecule has 1 aromatic rings. The lowest BCUT2D eigenvalue weighted by Crippen LogP contribution is -2.53. The number of rotatable bonds is 4. The molecule has 146 valence electrons. The van der Waals surface area contributed by atoms with Gasteiger partial charge in [-0.1, -0.05) is 13.8 Å². The maximum atomic E-state index is 12.9.